The van der Waals surface area contributed by atoms with Gasteiger partial charge in [0.25, 0.3) is 5.91 Å². The third-order valence-electron chi connectivity index (χ3n) is 6.30. The Morgan fingerprint density at radius 2 is 2.06 bits per heavy atom. The normalized spacial score (nSPS) is 20.1. The number of carbonyl (C=O) groups is 1. The zero-order valence-electron chi connectivity index (χ0n) is 18.6. The van der Waals surface area contributed by atoms with E-state index < -0.39 is 0 Å². The van der Waals surface area contributed by atoms with Crippen LogP contribution in [-0.4, -0.2) is 60.7 Å². The Hall–Kier alpha value is -2.32. The highest BCUT2D eigenvalue weighted by molar-refractivity contribution is 7.17. The van der Waals surface area contributed by atoms with Crippen LogP contribution in [0.15, 0.2) is 12.1 Å². The van der Waals surface area contributed by atoms with Crippen LogP contribution >= 0.6 is 11.3 Å². The number of aryl methyl sites for hydroxylation is 1. The number of benzene rings is 1. The quantitative estimate of drug-likeness (QED) is 0.740. The van der Waals surface area contributed by atoms with Gasteiger partial charge in [-0.05, 0) is 58.3 Å². The van der Waals surface area contributed by atoms with Gasteiger partial charge in [0.15, 0.2) is 5.13 Å². The number of carbonyl (C=O) groups excluding carboxylic acids is 1. The molecule has 1 aromatic heterocycles. The molecule has 0 spiro atoms. The van der Waals surface area contributed by atoms with Gasteiger partial charge in [0, 0.05) is 36.8 Å². The Morgan fingerprint density at radius 3 is 2.87 bits per heavy atom. The number of nitrogens with zero attached hydrogens (tertiary/aromatic N) is 3. The van der Waals surface area contributed by atoms with Gasteiger partial charge in [-0.3, -0.25) is 4.79 Å². The zero-order chi connectivity index (χ0) is 21.6. The molecule has 2 aromatic rings. The predicted octanol–water partition coefficient (Wildman–Crippen LogP) is 3.55. The fourth-order valence-electron chi connectivity index (χ4n) is 4.69. The minimum atomic E-state index is -0.259. The fourth-order valence-corrected chi connectivity index (χ4v) is 5.71. The number of hydrogen-bond acceptors (Lipinski definition) is 7. The fraction of sp³-hybridized carbons (Fsp3) is 0.565. The molecule has 3 aliphatic rings. The predicted molar refractivity (Wildman–Crippen MR) is 125 cm³/mol. The first-order chi connectivity index (χ1) is 14.9. The highest BCUT2D eigenvalue weighted by Gasteiger charge is 2.35. The summed E-state index contributed by atoms with van der Waals surface area (Å²) in [6.45, 7) is 12.0. The second-order valence-corrected chi connectivity index (χ2v) is 10.4. The number of hydrogen-bond donors (Lipinski definition) is 2. The van der Waals surface area contributed by atoms with Crippen LogP contribution in [0.2, 0.25) is 0 Å². The number of fused-ring (bicyclic) bond motifs is 2. The lowest BCUT2D eigenvalue weighted by atomic mass is 9.94. The molecule has 1 saturated heterocycles. The summed E-state index contributed by atoms with van der Waals surface area (Å²) in [7, 11) is 0. The number of nitrogens with one attached hydrogen (secondary N) is 2. The van der Waals surface area contributed by atoms with Crippen LogP contribution in [-0.2, 0) is 6.42 Å². The smallest absolute Gasteiger partial charge is 0.263 e. The number of thiazole rings is 1. The maximum Gasteiger partial charge on any atom is 0.263 e. The van der Waals surface area contributed by atoms with E-state index in [9.17, 15) is 4.79 Å². The van der Waals surface area contributed by atoms with Crippen molar-refractivity contribution in [1.82, 2.24) is 15.2 Å². The molecular formula is C23H31N5O2S. The average Bonchev–Trinajstić information content (AvgIpc) is 3.37. The van der Waals surface area contributed by atoms with Crippen LogP contribution in [0.1, 0.15) is 47.6 Å². The molecule has 0 atom stereocenters. The van der Waals surface area contributed by atoms with Crippen LogP contribution < -0.4 is 20.3 Å². The molecule has 0 radical (unpaired) electrons. The van der Waals surface area contributed by atoms with Crippen molar-refractivity contribution < 1.29 is 9.53 Å². The van der Waals surface area contributed by atoms with Crippen molar-refractivity contribution in [2.24, 2.45) is 0 Å². The van der Waals surface area contributed by atoms with Crippen LogP contribution in [0, 0.1) is 6.92 Å². The van der Waals surface area contributed by atoms with E-state index in [0.29, 0.717) is 6.61 Å². The Kier molecular flexibility index (Phi) is 5.30. The molecule has 7 nitrogen and oxygen atoms in total. The monoisotopic (exact) mass is 441 g/mol. The molecule has 31 heavy (non-hydrogen) atoms. The topological polar surface area (TPSA) is 69.7 Å². The summed E-state index contributed by atoms with van der Waals surface area (Å²) < 4.78 is 6.01. The van der Waals surface area contributed by atoms with E-state index in [1.54, 1.807) is 0 Å². The molecule has 0 unspecified atom stereocenters. The number of aromatic nitrogens is 1. The Balaban J connectivity index is 1.37. The minimum absolute atomic E-state index is 0.0165. The molecule has 8 heteroatoms. The lowest BCUT2D eigenvalue weighted by Crippen LogP contribution is -2.48. The summed E-state index contributed by atoms with van der Waals surface area (Å²) >= 11 is 1.48. The third-order valence-corrected chi connectivity index (χ3v) is 7.42. The molecule has 0 aliphatic carbocycles. The second-order valence-electron chi connectivity index (χ2n) is 9.40. The van der Waals surface area contributed by atoms with Crippen molar-refractivity contribution in [2.45, 2.75) is 45.6 Å². The van der Waals surface area contributed by atoms with Gasteiger partial charge in [-0.1, -0.05) is 11.3 Å². The lowest BCUT2D eigenvalue weighted by Gasteiger charge is -2.30. The maximum atomic E-state index is 12.5. The maximum absolute atomic E-state index is 12.5. The van der Waals surface area contributed by atoms with E-state index in [4.69, 9.17) is 9.72 Å². The number of anilines is 3. The van der Waals surface area contributed by atoms with Crippen molar-refractivity contribution in [2.75, 3.05) is 49.5 Å². The van der Waals surface area contributed by atoms with Gasteiger partial charge in [-0.15, -0.1) is 0 Å². The Labute approximate surface area is 187 Å². The molecule has 166 valence electrons. The summed E-state index contributed by atoms with van der Waals surface area (Å²) in [4.78, 5) is 22.9. The summed E-state index contributed by atoms with van der Waals surface area (Å²) in [5.41, 5.74) is 3.98. The second kappa shape index (κ2) is 7.98. The molecule has 2 N–H and O–H groups in total. The summed E-state index contributed by atoms with van der Waals surface area (Å²) in [6.07, 6.45) is 3.39. The van der Waals surface area contributed by atoms with Gasteiger partial charge in [0.05, 0.1) is 17.9 Å². The standard InChI is InChI=1S/C23H31N5O2S/c1-15-12-18-19(13-16(15)24-6-9-27-7-4-5-8-27)30-11-10-28(18)22-25-17-14-23(2,3)26-21(29)20(17)31-22/h12-13,24H,4-11,14H2,1-3H3,(H,26,29). The number of ether oxygens (including phenoxy) is 1. The van der Waals surface area contributed by atoms with Crippen LogP contribution in [0.25, 0.3) is 0 Å². The van der Waals surface area contributed by atoms with Crippen LogP contribution in [0.3, 0.4) is 0 Å². The number of rotatable bonds is 5. The summed E-state index contributed by atoms with van der Waals surface area (Å²) in [5.74, 6) is 0.857. The summed E-state index contributed by atoms with van der Waals surface area (Å²) in [6, 6.07) is 4.29. The molecule has 0 bridgehead atoms. The van der Waals surface area contributed by atoms with E-state index >= 15 is 0 Å². The van der Waals surface area contributed by atoms with Crippen LogP contribution in [0.4, 0.5) is 16.5 Å². The Bertz CT molecular complexity index is 996. The molecule has 0 saturated carbocycles. The van der Waals surface area contributed by atoms with Crippen molar-refractivity contribution in [3.05, 3.63) is 28.3 Å². The molecule has 4 heterocycles. The minimum Gasteiger partial charge on any atom is -0.489 e. The highest BCUT2D eigenvalue weighted by atomic mass is 32.1. The van der Waals surface area contributed by atoms with Gasteiger partial charge in [-0.25, -0.2) is 4.98 Å². The van der Waals surface area contributed by atoms with Crippen molar-refractivity contribution >= 4 is 33.8 Å². The zero-order valence-corrected chi connectivity index (χ0v) is 19.4. The third kappa shape index (κ3) is 4.11. The largest absolute Gasteiger partial charge is 0.489 e. The molecule has 1 aromatic carbocycles. The van der Waals surface area contributed by atoms with Crippen LogP contribution in [0.5, 0.6) is 5.75 Å². The van der Waals surface area contributed by atoms with Crippen molar-refractivity contribution in [3.8, 4) is 5.75 Å². The van der Waals surface area contributed by atoms with E-state index in [2.05, 4.69) is 39.5 Å². The molecular weight excluding hydrogens is 410 g/mol. The molecule has 1 amide bonds. The first-order valence-corrected chi connectivity index (χ1v) is 12.0. The number of likely N-dealkylation sites (tertiary alicyclic amines) is 1. The van der Waals surface area contributed by atoms with E-state index in [1.165, 1.54) is 42.8 Å². The van der Waals surface area contributed by atoms with E-state index in [-0.39, 0.29) is 11.4 Å². The molecule has 5 rings (SSSR count). The highest BCUT2D eigenvalue weighted by Crippen LogP contribution is 2.42. The van der Waals surface area contributed by atoms with Crippen molar-refractivity contribution in [3.63, 3.8) is 0 Å². The van der Waals surface area contributed by atoms with Crippen molar-refractivity contribution in [1.29, 1.82) is 0 Å². The average molecular weight is 442 g/mol. The number of amides is 1. The van der Waals surface area contributed by atoms with Gasteiger partial charge >= 0.3 is 0 Å². The summed E-state index contributed by atoms with van der Waals surface area (Å²) in [5, 5.41) is 7.54. The van der Waals surface area contributed by atoms with Gasteiger partial charge in [0.2, 0.25) is 0 Å². The Morgan fingerprint density at radius 1 is 1.26 bits per heavy atom. The first kappa shape index (κ1) is 20.6. The first-order valence-electron chi connectivity index (χ1n) is 11.2. The SMILES string of the molecule is Cc1cc2c(cc1NCCN1CCCC1)OCCN2c1nc2c(s1)C(=O)NC(C)(C)C2. The van der Waals surface area contributed by atoms with E-state index in [1.807, 2.05) is 13.8 Å². The van der Waals surface area contributed by atoms with E-state index in [0.717, 1.165) is 58.9 Å². The molecule has 3 aliphatic heterocycles. The van der Waals surface area contributed by atoms with Gasteiger partial charge in [0.1, 0.15) is 17.2 Å². The van der Waals surface area contributed by atoms with Gasteiger partial charge < -0.3 is 25.2 Å². The molecule has 1 fully saturated rings. The van der Waals surface area contributed by atoms with Gasteiger partial charge in [-0.2, -0.15) is 0 Å². The lowest BCUT2D eigenvalue weighted by molar-refractivity contribution is 0.0901.